The maximum atomic E-state index is 12.8. The van der Waals surface area contributed by atoms with Crippen molar-refractivity contribution in [3.8, 4) is 0 Å². The Balaban J connectivity index is 1.86. The summed E-state index contributed by atoms with van der Waals surface area (Å²) in [7, 11) is -3.53. The minimum absolute atomic E-state index is 0.316. The molecule has 3 heterocycles. The first-order chi connectivity index (χ1) is 10.1. The number of H-pyrrole nitrogens is 1. The lowest BCUT2D eigenvalue weighted by molar-refractivity contribution is 0.0212. The average molecular weight is 316 g/mol. The van der Waals surface area contributed by atoms with E-state index in [4.69, 9.17) is 9.47 Å². The molecule has 1 aromatic rings. The third-order valence-electron chi connectivity index (χ3n) is 3.71. The number of hydrogen-bond acceptors (Lipinski definition) is 5. The molecule has 3 rings (SSSR count). The molecular formula is C12H20N4O4S. The minimum Gasteiger partial charge on any atom is -0.379 e. The van der Waals surface area contributed by atoms with Gasteiger partial charge in [0.2, 0.25) is 0 Å². The molecule has 118 valence electrons. The summed E-state index contributed by atoms with van der Waals surface area (Å²) in [5.41, 5.74) is 0.902. The van der Waals surface area contributed by atoms with Gasteiger partial charge in [-0.2, -0.15) is 17.0 Å². The first kappa shape index (κ1) is 14.9. The van der Waals surface area contributed by atoms with E-state index in [0.717, 1.165) is 5.69 Å². The summed E-state index contributed by atoms with van der Waals surface area (Å²) in [5, 5.41) is 0. The molecule has 21 heavy (non-hydrogen) atoms. The van der Waals surface area contributed by atoms with Gasteiger partial charge in [0, 0.05) is 31.5 Å². The summed E-state index contributed by atoms with van der Waals surface area (Å²) >= 11 is 0. The Morgan fingerprint density at radius 1 is 1.24 bits per heavy atom. The molecular weight excluding hydrogens is 296 g/mol. The molecule has 2 fully saturated rings. The van der Waals surface area contributed by atoms with Crippen molar-refractivity contribution in [2.75, 3.05) is 46.1 Å². The van der Waals surface area contributed by atoms with Crippen molar-refractivity contribution >= 4 is 10.2 Å². The van der Waals surface area contributed by atoms with Gasteiger partial charge in [0.15, 0.2) is 0 Å². The van der Waals surface area contributed by atoms with Crippen LogP contribution in [0.5, 0.6) is 0 Å². The van der Waals surface area contributed by atoms with Gasteiger partial charge in [0.05, 0.1) is 26.4 Å². The molecule has 1 atom stereocenters. The highest BCUT2D eigenvalue weighted by atomic mass is 32.2. The van der Waals surface area contributed by atoms with Crippen LogP contribution in [0, 0.1) is 6.92 Å². The van der Waals surface area contributed by atoms with Gasteiger partial charge in [-0.3, -0.25) is 0 Å². The molecule has 1 N–H and O–H groups in total. The van der Waals surface area contributed by atoms with E-state index in [2.05, 4.69) is 9.97 Å². The van der Waals surface area contributed by atoms with Crippen molar-refractivity contribution in [2.24, 2.45) is 0 Å². The second-order valence-electron chi connectivity index (χ2n) is 5.17. The topological polar surface area (TPSA) is 87.8 Å². The smallest absolute Gasteiger partial charge is 0.282 e. The van der Waals surface area contributed by atoms with E-state index in [9.17, 15) is 8.42 Å². The summed E-state index contributed by atoms with van der Waals surface area (Å²) in [6, 6.07) is -0.403. The van der Waals surface area contributed by atoms with Gasteiger partial charge in [0.25, 0.3) is 10.2 Å². The third-order valence-corrected chi connectivity index (χ3v) is 5.76. The average Bonchev–Trinajstić information content (AvgIpc) is 2.95. The summed E-state index contributed by atoms with van der Waals surface area (Å²) < 4.78 is 39.3. The Bertz CT molecular complexity index is 582. The van der Waals surface area contributed by atoms with E-state index in [0.29, 0.717) is 51.9 Å². The van der Waals surface area contributed by atoms with Crippen molar-refractivity contribution in [1.29, 1.82) is 0 Å². The van der Waals surface area contributed by atoms with Crippen LogP contribution in [-0.4, -0.2) is 73.1 Å². The zero-order valence-electron chi connectivity index (χ0n) is 12.0. The third kappa shape index (κ3) is 2.97. The molecule has 2 saturated heterocycles. The molecule has 0 aromatic carbocycles. The van der Waals surface area contributed by atoms with Crippen LogP contribution >= 0.6 is 0 Å². The van der Waals surface area contributed by atoms with Gasteiger partial charge in [-0.1, -0.05) is 0 Å². The van der Waals surface area contributed by atoms with Crippen LogP contribution < -0.4 is 0 Å². The molecule has 0 radical (unpaired) electrons. The zero-order chi connectivity index (χ0) is 14.9. The molecule has 0 amide bonds. The molecule has 2 aliphatic heterocycles. The number of aryl methyl sites for hydroxylation is 1. The monoisotopic (exact) mass is 316 g/mol. The molecule has 2 aliphatic rings. The van der Waals surface area contributed by atoms with Crippen molar-refractivity contribution < 1.29 is 17.9 Å². The van der Waals surface area contributed by atoms with Crippen molar-refractivity contribution in [3.05, 3.63) is 17.7 Å². The van der Waals surface area contributed by atoms with Crippen LogP contribution in [0.15, 0.2) is 6.20 Å². The normalized spacial score (nSPS) is 26.0. The number of aromatic nitrogens is 2. The summed E-state index contributed by atoms with van der Waals surface area (Å²) in [6.45, 7) is 4.61. The van der Waals surface area contributed by atoms with Crippen LogP contribution in [-0.2, 0) is 19.7 Å². The number of ether oxygens (including phenoxy) is 2. The Labute approximate surface area is 124 Å². The lowest BCUT2D eigenvalue weighted by Crippen LogP contribution is -2.53. The maximum absolute atomic E-state index is 12.8. The lowest BCUT2D eigenvalue weighted by atomic mass is 10.2. The van der Waals surface area contributed by atoms with Crippen LogP contribution in [0.1, 0.15) is 17.6 Å². The van der Waals surface area contributed by atoms with E-state index in [1.54, 1.807) is 6.20 Å². The van der Waals surface area contributed by atoms with E-state index in [1.807, 2.05) is 6.92 Å². The highest BCUT2D eigenvalue weighted by Gasteiger charge is 2.39. The SMILES string of the molecule is Cc1cnc([C@H]2COCCN2S(=O)(=O)N2CCOCC2)[nH]1. The predicted octanol–water partition coefficient (Wildman–Crippen LogP) is -0.332. The number of hydrogen-bond donors (Lipinski definition) is 1. The van der Waals surface area contributed by atoms with E-state index < -0.39 is 16.3 Å². The summed E-state index contributed by atoms with van der Waals surface area (Å²) in [5.74, 6) is 0.629. The second-order valence-corrected chi connectivity index (χ2v) is 7.05. The highest BCUT2D eigenvalue weighted by Crippen LogP contribution is 2.27. The van der Waals surface area contributed by atoms with E-state index >= 15 is 0 Å². The number of nitrogens with zero attached hydrogens (tertiary/aromatic N) is 3. The Hall–Kier alpha value is -1.00. The largest absolute Gasteiger partial charge is 0.379 e. The second kappa shape index (κ2) is 6.01. The standard InChI is InChI=1S/C12H20N4O4S/c1-10-8-13-12(14-10)11-9-20-7-4-16(11)21(17,18)15-2-5-19-6-3-15/h8,11H,2-7,9H2,1H3,(H,13,14)/t11-/m1/s1. The van der Waals surface area contributed by atoms with Crippen LogP contribution in [0.2, 0.25) is 0 Å². The van der Waals surface area contributed by atoms with Gasteiger partial charge in [-0.15, -0.1) is 0 Å². The Kier molecular flexibility index (Phi) is 4.27. The van der Waals surface area contributed by atoms with Crippen LogP contribution in [0.4, 0.5) is 0 Å². The van der Waals surface area contributed by atoms with E-state index in [-0.39, 0.29) is 0 Å². The lowest BCUT2D eigenvalue weighted by Gasteiger charge is -2.37. The van der Waals surface area contributed by atoms with Gasteiger partial charge in [-0.05, 0) is 6.92 Å². The van der Waals surface area contributed by atoms with Crippen molar-refractivity contribution in [3.63, 3.8) is 0 Å². The molecule has 0 unspecified atom stereocenters. The van der Waals surface area contributed by atoms with E-state index in [1.165, 1.54) is 8.61 Å². The zero-order valence-corrected chi connectivity index (χ0v) is 12.8. The molecule has 0 aliphatic carbocycles. The number of nitrogens with one attached hydrogen (secondary N) is 1. The first-order valence-electron chi connectivity index (χ1n) is 7.03. The number of aromatic amines is 1. The van der Waals surface area contributed by atoms with Gasteiger partial charge < -0.3 is 14.5 Å². The summed E-state index contributed by atoms with van der Waals surface area (Å²) in [4.78, 5) is 7.37. The van der Waals surface area contributed by atoms with Gasteiger partial charge in [-0.25, -0.2) is 4.98 Å². The number of morpholine rings is 2. The van der Waals surface area contributed by atoms with Gasteiger partial charge in [0.1, 0.15) is 11.9 Å². The molecule has 0 bridgehead atoms. The van der Waals surface area contributed by atoms with Crippen LogP contribution in [0.3, 0.4) is 0 Å². The maximum Gasteiger partial charge on any atom is 0.282 e. The molecule has 0 spiro atoms. The Morgan fingerprint density at radius 2 is 1.95 bits per heavy atom. The fourth-order valence-corrected chi connectivity index (χ4v) is 4.30. The summed E-state index contributed by atoms with van der Waals surface area (Å²) in [6.07, 6.45) is 1.70. The number of imidazole rings is 1. The molecule has 9 heteroatoms. The highest BCUT2D eigenvalue weighted by molar-refractivity contribution is 7.86. The predicted molar refractivity (Wildman–Crippen MR) is 74.9 cm³/mol. The van der Waals surface area contributed by atoms with Crippen LogP contribution in [0.25, 0.3) is 0 Å². The van der Waals surface area contributed by atoms with Crippen molar-refractivity contribution in [2.45, 2.75) is 13.0 Å². The first-order valence-corrected chi connectivity index (χ1v) is 8.42. The number of rotatable bonds is 3. The Morgan fingerprint density at radius 3 is 2.62 bits per heavy atom. The molecule has 0 saturated carbocycles. The van der Waals surface area contributed by atoms with Gasteiger partial charge >= 0.3 is 0 Å². The fraction of sp³-hybridized carbons (Fsp3) is 0.750. The fourth-order valence-electron chi connectivity index (χ4n) is 2.61. The quantitative estimate of drug-likeness (QED) is 0.825. The molecule has 8 nitrogen and oxygen atoms in total. The van der Waals surface area contributed by atoms with Crippen molar-refractivity contribution in [1.82, 2.24) is 18.6 Å². The minimum atomic E-state index is -3.53. The molecule has 1 aromatic heterocycles.